The second-order valence-electron chi connectivity index (χ2n) is 5.06. The van der Waals surface area contributed by atoms with E-state index in [0.29, 0.717) is 0 Å². The van der Waals surface area contributed by atoms with Crippen molar-refractivity contribution in [2.45, 2.75) is 78.1 Å². The van der Waals surface area contributed by atoms with Gasteiger partial charge in [-0.25, -0.2) is 0 Å². The van der Waals surface area contributed by atoms with Crippen molar-refractivity contribution < 1.29 is 0 Å². The van der Waals surface area contributed by atoms with Crippen LogP contribution in [0.15, 0.2) is 24.8 Å². The Morgan fingerprint density at radius 3 is 2.29 bits per heavy atom. The molecule has 0 nitrogen and oxygen atoms in total. The first-order valence-electron chi connectivity index (χ1n) is 7.62. The van der Waals surface area contributed by atoms with E-state index in [4.69, 9.17) is 0 Å². The summed E-state index contributed by atoms with van der Waals surface area (Å²) in [5, 5.41) is 0. The third kappa shape index (κ3) is 11.7. The second kappa shape index (κ2) is 13.5. The maximum Gasteiger partial charge on any atom is -0.0199 e. The van der Waals surface area contributed by atoms with Gasteiger partial charge >= 0.3 is 0 Å². The lowest BCUT2D eigenvalue weighted by atomic mass is 9.96. The minimum Gasteiger partial charge on any atom is -0.103 e. The molecule has 0 aromatic carbocycles. The molecule has 0 saturated carbocycles. The second-order valence-corrected chi connectivity index (χ2v) is 5.06. The lowest BCUT2D eigenvalue weighted by Crippen LogP contribution is -1.95. The zero-order valence-electron chi connectivity index (χ0n) is 12.1. The molecule has 0 fully saturated rings. The van der Waals surface area contributed by atoms with Gasteiger partial charge in [0.25, 0.3) is 0 Å². The van der Waals surface area contributed by atoms with Crippen LogP contribution in [0.1, 0.15) is 78.1 Å². The van der Waals surface area contributed by atoms with E-state index in [2.05, 4.69) is 38.7 Å². The molecular weight excluding hydrogens is 204 g/mol. The molecule has 1 unspecified atom stereocenters. The fourth-order valence-corrected chi connectivity index (χ4v) is 2.14. The predicted octanol–water partition coefficient (Wildman–Crippen LogP) is 6.29. The van der Waals surface area contributed by atoms with Gasteiger partial charge in [0.1, 0.15) is 0 Å². The molecule has 0 aliphatic carbocycles. The Morgan fingerprint density at radius 1 is 0.941 bits per heavy atom. The number of rotatable bonds is 12. The minimum absolute atomic E-state index is 0.742. The van der Waals surface area contributed by atoms with Crippen LogP contribution in [-0.4, -0.2) is 0 Å². The number of allylic oxidation sites excluding steroid dienone is 3. The molecule has 0 radical (unpaired) electrons. The smallest absolute Gasteiger partial charge is 0.0199 e. The minimum atomic E-state index is 0.742. The molecule has 0 aliphatic heterocycles. The standard InChI is InChI=1S/C17H32/c1-4-7-9-11-13-16-17(14-6-3)15-12-10-8-5-2/h6,13,16-17H,3-5,7-12,14-15H2,1-2H3/b16-13-. The van der Waals surface area contributed by atoms with Crippen molar-refractivity contribution in [3.63, 3.8) is 0 Å². The Morgan fingerprint density at radius 2 is 1.65 bits per heavy atom. The van der Waals surface area contributed by atoms with E-state index in [0.717, 1.165) is 12.3 Å². The van der Waals surface area contributed by atoms with Crippen LogP contribution in [0.2, 0.25) is 0 Å². The Bertz CT molecular complexity index is 178. The van der Waals surface area contributed by atoms with Crippen LogP contribution in [-0.2, 0) is 0 Å². The molecule has 0 aliphatic rings. The molecule has 0 N–H and O–H groups in total. The highest BCUT2D eigenvalue weighted by molar-refractivity contribution is 4.91. The average Bonchev–Trinajstić information content (AvgIpc) is 2.34. The summed E-state index contributed by atoms with van der Waals surface area (Å²) in [6, 6.07) is 0. The van der Waals surface area contributed by atoms with E-state index in [1.807, 2.05) is 0 Å². The van der Waals surface area contributed by atoms with Crippen molar-refractivity contribution in [2.75, 3.05) is 0 Å². The van der Waals surface area contributed by atoms with Crippen LogP contribution in [0.4, 0.5) is 0 Å². The Hall–Kier alpha value is -0.520. The lowest BCUT2D eigenvalue weighted by Gasteiger charge is -2.09. The summed E-state index contributed by atoms with van der Waals surface area (Å²) in [5.41, 5.74) is 0. The third-order valence-electron chi connectivity index (χ3n) is 3.28. The van der Waals surface area contributed by atoms with Crippen molar-refractivity contribution in [3.8, 4) is 0 Å². The van der Waals surface area contributed by atoms with Crippen molar-refractivity contribution in [1.82, 2.24) is 0 Å². The van der Waals surface area contributed by atoms with Gasteiger partial charge in [0.05, 0.1) is 0 Å². The van der Waals surface area contributed by atoms with Gasteiger partial charge in [0.15, 0.2) is 0 Å². The summed E-state index contributed by atoms with van der Waals surface area (Å²) in [6.45, 7) is 8.40. The van der Waals surface area contributed by atoms with Gasteiger partial charge in [-0.05, 0) is 31.6 Å². The van der Waals surface area contributed by atoms with E-state index >= 15 is 0 Å². The number of unbranched alkanes of at least 4 members (excludes halogenated alkanes) is 6. The molecule has 0 saturated heterocycles. The molecule has 0 rings (SSSR count). The van der Waals surface area contributed by atoms with Crippen LogP contribution < -0.4 is 0 Å². The van der Waals surface area contributed by atoms with Gasteiger partial charge in [-0.15, -0.1) is 6.58 Å². The molecular formula is C17H32. The fraction of sp³-hybridized carbons (Fsp3) is 0.765. The zero-order chi connectivity index (χ0) is 12.8. The topological polar surface area (TPSA) is 0 Å². The van der Waals surface area contributed by atoms with E-state index in [9.17, 15) is 0 Å². The van der Waals surface area contributed by atoms with Crippen molar-refractivity contribution >= 4 is 0 Å². The van der Waals surface area contributed by atoms with Gasteiger partial charge in [0.2, 0.25) is 0 Å². The first kappa shape index (κ1) is 16.5. The molecule has 0 bridgehead atoms. The first-order valence-corrected chi connectivity index (χ1v) is 7.62. The molecule has 1 atom stereocenters. The quantitative estimate of drug-likeness (QED) is 0.276. The average molecular weight is 236 g/mol. The summed E-state index contributed by atoms with van der Waals surface area (Å²) >= 11 is 0. The first-order chi connectivity index (χ1) is 8.35. The highest BCUT2D eigenvalue weighted by Crippen LogP contribution is 2.17. The predicted molar refractivity (Wildman–Crippen MR) is 80.3 cm³/mol. The van der Waals surface area contributed by atoms with Crippen LogP contribution in [0.5, 0.6) is 0 Å². The zero-order valence-corrected chi connectivity index (χ0v) is 12.1. The molecule has 0 amide bonds. The summed E-state index contributed by atoms with van der Waals surface area (Å²) in [5.74, 6) is 0.742. The normalized spacial score (nSPS) is 13.1. The fourth-order valence-electron chi connectivity index (χ4n) is 2.14. The van der Waals surface area contributed by atoms with E-state index in [1.165, 1.54) is 57.8 Å². The molecule has 0 spiro atoms. The largest absolute Gasteiger partial charge is 0.103 e. The van der Waals surface area contributed by atoms with E-state index in [-0.39, 0.29) is 0 Å². The molecule has 0 aromatic rings. The lowest BCUT2D eigenvalue weighted by molar-refractivity contribution is 0.533. The van der Waals surface area contributed by atoms with Crippen LogP contribution in [0.25, 0.3) is 0 Å². The van der Waals surface area contributed by atoms with Gasteiger partial charge < -0.3 is 0 Å². The Kier molecular flexibility index (Phi) is 13.1. The van der Waals surface area contributed by atoms with Crippen LogP contribution >= 0.6 is 0 Å². The molecule has 17 heavy (non-hydrogen) atoms. The highest BCUT2D eigenvalue weighted by atomic mass is 14.1. The Balaban J connectivity index is 3.68. The monoisotopic (exact) mass is 236 g/mol. The Labute approximate surface area is 109 Å². The molecule has 0 heteroatoms. The summed E-state index contributed by atoms with van der Waals surface area (Å²) < 4.78 is 0. The maximum absolute atomic E-state index is 3.87. The van der Waals surface area contributed by atoms with E-state index in [1.54, 1.807) is 0 Å². The van der Waals surface area contributed by atoms with E-state index < -0.39 is 0 Å². The SMILES string of the molecule is C=CCC(/C=C\CCCCC)CCCCCC. The summed E-state index contributed by atoms with van der Waals surface area (Å²) in [4.78, 5) is 0. The maximum atomic E-state index is 3.87. The van der Waals surface area contributed by atoms with Crippen LogP contribution in [0, 0.1) is 5.92 Å². The molecule has 0 aromatic heterocycles. The van der Waals surface area contributed by atoms with Gasteiger partial charge in [0, 0.05) is 0 Å². The third-order valence-corrected chi connectivity index (χ3v) is 3.28. The molecule has 100 valence electrons. The van der Waals surface area contributed by atoms with Gasteiger partial charge in [-0.2, -0.15) is 0 Å². The van der Waals surface area contributed by atoms with Crippen molar-refractivity contribution in [3.05, 3.63) is 24.8 Å². The molecule has 0 heterocycles. The number of hydrogen-bond acceptors (Lipinski definition) is 0. The van der Waals surface area contributed by atoms with Gasteiger partial charge in [-0.1, -0.05) is 70.6 Å². The number of hydrogen-bond donors (Lipinski definition) is 0. The van der Waals surface area contributed by atoms with Crippen molar-refractivity contribution in [2.24, 2.45) is 5.92 Å². The summed E-state index contributed by atoms with van der Waals surface area (Å²) in [7, 11) is 0. The highest BCUT2D eigenvalue weighted by Gasteiger charge is 2.01. The van der Waals surface area contributed by atoms with Gasteiger partial charge in [-0.3, -0.25) is 0 Å². The van der Waals surface area contributed by atoms with Crippen molar-refractivity contribution in [1.29, 1.82) is 0 Å². The van der Waals surface area contributed by atoms with Crippen LogP contribution in [0.3, 0.4) is 0 Å². The summed E-state index contributed by atoms with van der Waals surface area (Å²) in [6.07, 6.45) is 20.2.